The van der Waals surface area contributed by atoms with Gasteiger partial charge in [0.15, 0.2) is 5.13 Å². The quantitative estimate of drug-likeness (QED) is 0.395. The lowest BCUT2D eigenvalue weighted by Crippen LogP contribution is -2.27. The highest BCUT2D eigenvalue weighted by atomic mass is 35.5. The maximum atomic E-state index is 14.7. The van der Waals surface area contributed by atoms with Gasteiger partial charge in [-0.15, -0.1) is 23.7 Å². The number of nitrogens with one attached hydrogen (secondary N) is 3. The first-order valence-corrected chi connectivity index (χ1v) is 11.7. The summed E-state index contributed by atoms with van der Waals surface area (Å²) in [5, 5.41) is 8.02. The van der Waals surface area contributed by atoms with Crippen LogP contribution in [0.2, 0.25) is 5.02 Å². The third-order valence-corrected chi connectivity index (χ3v) is 6.73. The van der Waals surface area contributed by atoms with E-state index in [0.717, 1.165) is 42.2 Å². The SMILES string of the molecule is CNCCN(C)c1ccccc1Nc1cc(F)c(S(=O)(=O)Nc2nccs2)cc1Cl.Cl. The molecule has 168 valence electrons. The van der Waals surface area contributed by atoms with E-state index in [1.165, 1.54) is 6.20 Å². The van der Waals surface area contributed by atoms with Crippen molar-refractivity contribution >= 4 is 67.6 Å². The van der Waals surface area contributed by atoms with Crippen LogP contribution in [-0.2, 0) is 10.0 Å². The van der Waals surface area contributed by atoms with E-state index in [-0.39, 0.29) is 28.2 Å². The molecule has 0 aliphatic heterocycles. The largest absolute Gasteiger partial charge is 0.372 e. The molecule has 1 aromatic heterocycles. The van der Waals surface area contributed by atoms with E-state index < -0.39 is 20.7 Å². The molecule has 0 atom stereocenters. The topological polar surface area (TPSA) is 86.4 Å². The number of sulfonamides is 1. The molecule has 0 fully saturated rings. The number of hydrogen-bond acceptors (Lipinski definition) is 7. The van der Waals surface area contributed by atoms with Gasteiger partial charge in [-0.1, -0.05) is 23.7 Å². The molecule has 7 nitrogen and oxygen atoms in total. The van der Waals surface area contributed by atoms with E-state index in [4.69, 9.17) is 11.6 Å². The fourth-order valence-corrected chi connectivity index (χ4v) is 4.88. The Morgan fingerprint density at radius 2 is 1.97 bits per heavy atom. The Morgan fingerprint density at radius 3 is 2.65 bits per heavy atom. The van der Waals surface area contributed by atoms with Gasteiger partial charge in [-0.25, -0.2) is 17.8 Å². The van der Waals surface area contributed by atoms with Gasteiger partial charge in [0, 0.05) is 37.8 Å². The standard InChI is InChI=1S/C19H21ClFN5O2S2.ClH/c1-22-7-9-26(2)17-6-4-3-5-15(17)24-16-12-14(21)18(11-13(16)20)30(27,28)25-19-23-8-10-29-19;/h3-6,8,10-12,22,24H,7,9H2,1-2H3,(H,23,25);1H. The van der Waals surface area contributed by atoms with Crippen molar-refractivity contribution in [1.29, 1.82) is 0 Å². The number of aromatic nitrogens is 1. The number of thiazole rings is 1. The Morgan fingerprint density at radius 1 is 1.23 bits per heavy atom. The average Bonchev–Trinajstić information content (AvgIpc) is 3.21. The highest BCUT2D eigenvalue weighted by Gasteiger charge is 2.23. The summed E-state index contributed by atoms with van der Waals surface area (Å²) in [6.07, 6.45) is 1.45. The minimum atomic E-state index is -4.16. The van der Waals surface area contributed by atoms with E-state index in [9.17, 15) is 12.8 Å². The van der Waals surface area contributed by atoms with Crippen LogP contribution in [0.25, 0.3) is 0 Å². The van der Waals surface area contributed by atoms with E-state index >= 15 is 0 Å². The van der Waals surface area contributed by atoms with Gasteiger partial charge in [0.1, 0.15) is 10.7 Å². The normalized spacial score (nSPS) is 11.0. The van der Waals surface area contributed by atoms with E-state index in [2.05, 4.69) is 20.3 Å². The van der Waals surface area contributed by atoms with Crippen molar-refractivity contribution in [3.05, 3.63) is 58.8 Å². The highest BCUT2D eigenvalue weighted by Crippen LogP contribution is 2.34. The molecular formula is C19H22Cl2FN5O2S2. The van der Waals surface area contributed by atoms with Gasteiger partial charge in [0.05, 0.1) is 22.1 Å². The Bertz CT molecular complexity index is 1110. The number of para-hydroxylation sites is 2. The molecule has 0 saturated carbocycles. The number of nitrogens with zero attached hydrogens (tertiary/aromatic N) is 2. The molecule has 0 aliphatic carbocycles. The predicted molar refractivity (Wildman–Crippen MR) is 129 cm³/mol. The Labute approximate surface area is 196 Å². The summed E-state index contributed by atoms with van der Waals surface area (Å²) < 4.78 is 42.0. The van der Waals surface area contributed by atoms with Gasteiger partial charge in [0.25, 0.3) is 10.0 Å². The number of likely N-dealkylation sites (N-methyl/N-ethyl adjacent to an activating group) is 2. The highest BCUT2D eigenvalue weighted by molar-refractivity contribution is 7.93. The first kappa shape index (κ1) is 25.2. The zero-order chi connectivity index (χ0) is 21.7. The van der Waals surface area contributed by atoms with Crippen molar-refractivity contribution in [3.63, 3.8) is 0 Å². The zero-order valence-electron chi connectivity index (χ0n) is 16.7. The lowest BCUT2D eigenvalue weighted by Gasteiger charge is -2.23. The minimum Gasteiger partial charge on any atom is -0.372 e. The maximum absolute atomic E-state index is 14.7. The number of anilines is 4. The van der Waals surface area contributed by atoms with Crippen LogP contribution in [0.3, 0.4) is 0 Å². The molecule has 0 spiro atoms. The van der Waals surface area contributed by atoms with Crippen molar-refractivity contribution < 1.29 is 12.8 Å². The molecule has 31 heavy (non-hydrogen) atoms. The van der Waals surface area contributed by atoms with Crippen molar-refractivity contribution in [3.8, 4) is 0 Å². The molecule has 3 N–H and O–H groups in total. The molecule has 1 heterocycles. The first-order chi connectivity index (χ1) is 14.3. The van der Waals surface area contributed by atoms with Crippen LogP contribution in [0.4, 0.5) is 26.6 Å². The fraction of sp³-hybridized carbons (Fsp3) is 0.211. The predicted octanol–water partition coefficient (Wildman–Crippen LogP) is 4.56. The number of rotatable bonds is 9. The molecule has 0 amide bonds. The number of benzene rings is 2. The summed E-state index contributed by atoms with van der Waals surface area (Å²) in [7, 11) is -0.343. The molecule has 3 aromatic rings. The van der Waals surface area contributed by atoms with Crippen LogP contribution < -0.4 is 20.3 Å². The second-order valence-electron chi connectivity index (χ2n) is 6.37. The van der Waals surface area contributed by atoms with E-state index in [1.807, 2.05) is 43.3 Å². The second kappa shape index (κ2) is 11.0. The van der Waals surface area contributed by atoms with Crippen LogP contribution in [0.1, 0.15) is 0 Å². The van der Waals surface area contributed by atoms with E-state index in [0.29, 0.717) is 5.69 Å². The Hall–Kier alpha value is -2.11. The van der Waals surface area contributed by atoms with Crippen molar-refractivity contribution in [2.45, 2.75) is 4.90 Å². The molecule has 0 radical (unpaired) electrons. The number of halogens is 3. The van der Waals surface area contributed by atoms with Crippen LogP contribution in [0, 0.1) is 5.82 Å². The molecule has 0 aliphatic rings. The summed E-state index contributed by atoms with van der Waals surface area (Å²) >= 11 is 7.39. The van der Waals surface area contributed by atoms with Crippen LogP contribution in [-0.4, -0.2) is 40.6 Å². The summed E-state index contributed by atoms with van der Waals surface area (Å²) in [6, 6.07) is 9.68. The lowest BCUT2D eigenvalue weighted by molar-refractivity contribution is 0.571. The lowest BCUT2D eigenvalue weighted by atomic mass is 10.2. The van der Waals surface area contributed by atoms with Crippen LogP contribution in [0.5, 0.6) is 0 Å². The van der Waals surface area contributed by atoms with Crippen LogP contribution >= 0.6 is 35.3 Å². The molecule has 12 heteroatoms. The van der Waals surface area contributed by atoms with Gasteiger partial charge in [-0.2, -0.15) is 0 Å². The zero-order valence-corrected chi connectivity index (χ0v) is 19.9. The van der Waals surface area contributed by atoms with E-state index in [1.54, 1.807) is 5.38 Å². The molecule has 0 bridgehead atoms. The molecule has 0 saturated heterocycles. The van der Waals surface area contributed by atoms with Crippen molar-refractivity contribution in [2.24, 2.45) is 0 Å². The summed E-state index contributed by atoms with van der Waals surface area (Å²) in [5.74, 6) is -0.924. The molecule has 3 rings (SSSR count). The van der Waals surface area contributed by atoms with Gasteiger partial charge in [-0.3, -0.25) is 4.72 Å². The van der Waals surface area contributed by atoms with Crippen LogP contribution in [0.15, 0.2) is 52.9 Å². The molecule has 0 unspecified atom stereocenters. The third kappa shape index (κ3) is 6.20. The average molecular weight is 506 g/mol. The molecular weight excluding hydrogens is 484 g/mol. The van der Waals surface area contributed by atoms with Crippen molar-refractivity contribution in [1.82, 2.24) is 10.3 Å². The smallest absolute Gasteiger partial charge is 0.266 e. The fourth-order valence-electron chi connectivity index (χ4n) is 2.73. The second-order valence-corrected chi connectivity index (χ2v) is 9.33. The Kier molecular flexibility index (Phi) is 8.90. The Balaban J connectivity index is 0.00000341. The van der Waals surface area contributed by atoms with Gasteiger partial charge < -0.3 is 15.5 Å². The third-order valence-electron chi connectivity index (χ3n) is 4.25. The summed E-state index contributed by atoms with van der Waals surface area (Å²) in [6.45, 7) is 1.55. The maximum Gasteiger partial charge on any atom is 0.266 e. The summed E-state index contributed by atoms with van der Waals surface area (Å²) in [4.78, 5) is 5.34. The monoisotopic (exact) mass is 505 g/mol. The number of hydrogen-bond donors (Lipinski definition) is 3. The van der Waals surface area contributed by atoms with Gasteiger partial charge >= 0.3 is 0 Å². The van der Waals surface area contributed by atoms with Gasteiger partial charge in [0.2, 0.25) is 0 Å². The summed E-state index contributed by atoms with van der Waals surface area (Å²) in [5.41, 5.74) is 1.87. The van der Waals surface area contributed by atoms with Crippen molar-refractivity contribution in [2.75, 3.05) is 42.1 Å². The molecule has 2 aromatic carbocycles. The minimum absolute atomic E-state index is 0. The van der Waals surface area contributed by atoms with Gasteiger partial charge in [-0.05, 0) is 25.2 Å². The first-order valence-electron chi connectivity index (χ1n) is 8.95.